The maximum Gasteiger partial charge on any atom is 0.184 e. The van der Waals surface area contributed by atoms with Crippen molar-refractivity contribution in [2.45, 2.75) is 12.5 Å². The summed E-state index contributed by atoms with van der Waals surface area (Å²) in [5, 5.41) is 0. The molecule has 0 fully saturated rings. The van der Waals surface area contributed by atoms with E-state index in [-0.39, 0.29) is 6.10 Å². The lowest BCUT2D eigenvalue weighted by molar-refractivity contribution is 0.229. The average molecular weight is 283 g/mol. The smallest absolute Gasteiger partial charge is 0.184 e. The highest BCUT2D eigenvalue weighted by molar-refractivity contribution is 9.11. The van der Waals surface area contributed by atoms with Gasteiger partial charge in [0.05, 0.1) is 0 Å². The van der Waals surface area contributed by atoms with Gasteiger partial charge in [0.2, 0.25) is 0 Å². The third-order valence-corrected chi connectivity index (χ3v) is 3.48. The van der Waals surface area contributed by atoms with E-state index in [0.29, 0.717) is 0 Å². The van der Waals surface area contributed by atoms with Crippen LogP contribution in [0.4, 0.5) is 0 Å². The molecule has 0 amide bonds. The van der Waals surface area contributed by atoms with E-state index >= 15 is 0 Å². The molecule has 1 aliphatic rings. The van der Waals surface area contributed by atoms with Crippen molar-refractivity contribution in [3.05, 3.63) is 39.6 Å². The molecule has 76 valence electrons. The molecule has 5 heteroatoms. The monoisotopic (exact) mass is 282 g/mol. The minimum Gasteiger partial charge on any atom is -0.482 e. The largest absolute Gasteiger partial charge is 0.482 e. The standard InChI is InChI=1S/C10H7BrN2OS/c11-10-12-9(13-15-10)8-5-6-3-1-2-4-7(6)14-8/h1-4,8H,5H2. The van der Waals surface area contributed by atoms with Gasteiger partial charge in [-0.3, -0.25) is 0 Å². The second kappa shape index (κ2) is 3.57. The Morgan fingerprint density at radius 1 is 1.40 bits per heavy atom. The van der Waals surface area contributed by atoms with Crippen LogP contribution in [0.15, 0.2) is 28.2 Å². The predicted octanol–water partition coefficient (Wildman–Crippen LogP) is 2.98. The number of hydrogen-bond acceptors (Lipinski definition) is 4. The number of nitrogens with zero attached hydrogens (tertiary/aromatic N) is 2. The predicted molar refractivity (Wildman–Crippen MR) is 61.1 cm³/mol. The van der Waals surface area contributed by atoms with Crippen LogP contribution in [-0.4, -0.2) is 9.36 Å². The summed E-state index contributed by atoms with van der Waals surface area (Å²) in [4.78, 5) is 4.27. The maximum absolute atomic E-state index is 5.77. The molecule has 1 aliphatic heterocycles. The molecule has 1 atom stereocenters. The molecule has 0 aliphatic carbocycles. The van der Waals surface area contributed by atoms with Crippen molar-refractivity contribution in [2.75, 3.05) is 0 Å². The zero-order valence-electron chi connectivity index (χ0n) is 7.68. The lowest BCUT2D eigenvalue weighted by Gasteiger charge is -2.04. The number of fused-ring (bicyclic) bond motifs is 1. The first-order valence-electron chi connectivity index (χ1n) is 4.56. The number of aromatic nitrogens is 2. The van der Waals surface area contributed by atoms with E-state index < -0.39 is 0 Å². The first-order chi connectivity index (χ1) is 7.33. The second-order valence-electron chi connectivity index (χ2n) is 3.32. The number of ether oxygens (including phenoxy) is 1. The van der Waals surface area contributed by atoms with E-state index in [1.165, 1.54) is 17.1 Å². The first kappa shape index (κ1) is 9.30. The SMILES string of the molecule is Brc1nc(C2Cc3ccccc3O2)ns1. The average Bonchev–Trinajstić information content (AvgIpc) is 2.82. The third kappa shape index (κ3) is 1.66. The Hall–Kier alpha value is -0.940. The zero-order chi connectivity index (χ0) is 10.3. The van der Waals surface area contributed by atoms with Gasteiger partial charge in [-0.15, -0.1) is 0 Å². The second-order valence-corrected chi connectivity index (χ2v) is 5.35. The van der Waals surface area contributed by atoms with Gasteiger partial charge in [-0.1, -0.05) is 18.2 Å². The molecule has 0 spiro atoms. The van der Waals surface area contributed by atoms with E-state index in [9.17, 15) is 0 Å². The van der Waals surface area contributed by atoms with Gasteiger partial charge in [-0.25, -0.2) is 4.98 Å². The Morgan fingerprint density at radius 3 is 3.00 bits per heavy atom. The molecular weight excluding hydrogens is 276 g/mol. The van der Waals surface area contributed by atoms with E-state index in [1.807, 2.05) is 18.2 Å². The zero-order valence-corrected chi connectivity index (χ0v) is 10.1. The fourth-order valence-electron chi connectivity index (χ4n) is 1.67. The Bertz CT molecular complexity index is 475. The Morgan fingerprint density at radius 2 is 2.27 bits per heavy atom. The van der Waals surface area contributed by atoms with Crippen molar-refractivity contribution < 1.29 is 4.74 Å². The summed E-state index contributed by atoms with van der Waals surface area (Å²) in [5.41, 5.74) is 1.23. The van der Waals surface area contributed by atoms with Crippen LogP contribution < -0.4 is 4.74 Å². The Labute approximate surface area is 99.4 Å². The number of benzene rings is 1. The van der Waals surface area contributed by atoms with Crippen molar-refractivity contribution >= 4 is 27.5 Å². The van der Waals surface area contributed by atoms with E-state index in [4.69, 9.17) is 4.74 Å². The summed E-state index contributed by atoms with van der Waals surface area (Å²) in [7, 11) is 0. The molecule has 1 aromatic carbocycles. The van der Waals surface area contributed by atoms with Gasteiger partial charge in [0.15, 0.2) is 15.8 Å². The third-order valence-electron chi connectivity index (χ3n) is 2.35. The van der Waals surface area contributed by atoms with Crippen molar-refractivity contribution in [1.82, 2.24) is 9.36 Å². The molecule has 0 saturated heterocycles. The lowest BCUT2D eigenvalue weighted by atomic mass is 10.1. The molecule has 0 N–H and O–H groups in total. The van der Waals surface area contributed by atoms with Crippen LogP contribution >= 0.6 is 27.5 Å². The number of rotatable bonds is 1. The van der Waals surface area contributed by atoms with Gasteiger partial charge in [0.1, 0.15) is 5.75 Å². The molecule has 1 aromatic heterocycles. The summed E-state index contributed by atoms with van der Waals surface area (Å²) in [5.74, 6) is 1.72. The Kier molecular flexibility index (Phi) is 2.21. The van der Waals surface area contributed by atoms with Crippen molar-refractivity contribution in [2.24, 2.45) is 0 Å². The number of halogens is 1. The number of para-hydroxylation sites is 1. The molecule has 0 bridgehead atoms. The minimum absolute atomic E-state index is 0.0232. The van der Waals surface area contributed by atoms with Crippen LogP contribution in [0.3, 0.4) is 0 Å². The summed E-state index contributed by atoms with van der Waals surface area (Å²) >= 11 is 4.65. The summed E-state index contributed by atoms with van der Waals surface area (Å²) in [6, 6.07) is 8.06. The summed E-state index contributed by atoms with van der Waals surface area (Å²) in [6.45, 7) is 0. The molecule has 0 saturated carbocycles. The van der Waals surface area contributed by atoms with Crippen LogP contribution in [-0.2, 0) is 6.42 Å². The van der Waals surface area contributed by atoms with Gasteiger partial charge in [0, 0.05) is 6.42 Å². The summed E-state index contributed by atoms with van der Waals surface area (Å²) in [6.07, 6.45) is 0.837. The van der Waals surface area contributed by atoms with E-state index in [2.05, 4.69) is 31.4 Å². The van der Waals surface area contributed by atoms with E-state index in [1.54, 1.807) is 0 Å². The highest BCUT2D eigenvalue weighted by Gasteiger charge is 2.26. The molecule has 3 rings (SSSR count). The van der Waals surface area contributed by atoms with Crippen LogP contribution in [0.1, 0.15) is 17.5 Å². The fourth-order valence-corrected chi connectivity index (χ4v) is 2.53. The van der Waals surface area contributed by atoms with Gasteiger partial charge in [0.25, 0.3) is 0 Å². The summed E-state index contributed by atoms with van der Waals surface area (Å²) < 4.78 is 10.8. The highest BCUT2D eigenvalue weighted by atomic mass is 79.9. The molecule has 2 aromatic rings. The molecular formula is C10H7BrN2OS. The van der Waals surface area contributed by atoms with Crippen LogP contribution in [0.2, 0.25) is 0 Å². The van der Waals surface area contributed by atoms with Crippen LogP contribution in [0, 0.1) is 0 Å². The van der Waals surface area contributed by atoms with Crippen molar-refractivity contribution in [3.63, 3.8) is 0 Å². The first-order valence-corrected chi connectivity index (χ1v) is 6.13. The van der Waals surface area contributed by atoms with Gasteiger partial charge < -0.3 is 4.74 Å². The lowest BCUT2D eigenvalue weighted by Crippen LogP contribution is -2.04. The molecule has 2 heterocycles. The van der Waals surface area contributed by atoms with Gasteiger partial charge >= 0.3 is 0 Å². The number of hydrogen-bond donors (Lipinski definition) is 0. The van der Waals surface area contributed by atoms with Gasteiger partial charge in [-0.2, -0.15) is 4.37 Å². The Balaban J connectivity index is 1.90. The maximum atomic E-state index is 5.77. The quantitative estimate of drug-likeness (QED) is 0.807. The normalized spacial score (nSPS) is 18.6. The van der Waals surface area contributed by atoms with Crippen LogP contribution in [0.25, 0.3) is 0 Å². The minimum atomic E-state index is -0.0232. The van der Waals surface area contributed by atoms with Crippen molar-refractivity contribution in [1.29, 1.82) is 0 Å². The van der Waals surface area contributed by atoms with Crippen molar-refractivity contribution in [3.8, 4) is 5.75 Å². The van der Waals surface area contributed by atoms with Gasteiger partial charge in [-0.05, 0) is 39.1 Å². The molecule has 3 nitrogen and oxygen atoms in total. The van der Waals surface area contributed by atoms with Crippen LogP contribution in [0.5, 0.6) is 5.75 Å². The fraction of sp³-hybridized carbons (Fsp3) is 0.200. The molecule has 15 heavy (non-hydrogen) atoms. The topological polar surface area (TPSA) is 35.0 Å². The highest BCUT2D eigenvalue weighted by Crippen LogP contribution is 2.35. The molecule has 0 radical (unpaired) electrons. The van der Waals surface area contributed by atoms with E-state index in [0.717, 1.165) is 21.9 Å². The molecule has 1 unspecified atom stereocenters.